The second-order valence-corrected chi connectivity index (χ2v) is 14.8. The fourth-order valence-electron chi connectivity index (χ4n) is 9.30. The molecule has 0 bridgehead atoms. The highest BCUT2D eigenvalue weighted by molar-refractivity contribution is 5.85. The van der Waals surface area contributed by atoms with Crippen molar-refractivity contribution in [1.29, 1.82) is 0 Å². The summed E-state index contributed by atoms with van der Waals surface area (Å²) in [6, 6.07) is 0. The summed E-state index contributed by atoms with van der Waals surface area (Å²) in [5.74, 6) is 3.20. The number of alkyl halides is 1. The maximum Gasteiger partial charge on any atom is 0.436 e. The van der Waals surface area contributed by atoms with Crippen LogP contribution < -0.4 is 5.32 Å². The van der Waals surface area contributed by atoms with E-state index in [1.165, 1.54) is 43.4 Å². The molecule has 0 radical (unpaired) electrons. The van der Waals surface area contributed by atoms with Crippen molar-refractivity contribution in [3.63, 3.8) is 0 Å². The van der Waals surface area contributed by atoms with Crippen molar-refractivity contribution in [3.8, 4) is 0 Å². The minimum atomic E-state index is -0.597. The zero-order valence-corrected chi connectivity index (χ0v) is 25.6. The lowest BCUT2D eigenvalue weighted by atomic mass is 9.44. The molecule has 4 aliphatic carbocycles. The van der Waals surface area contributed by atoms with Gasteiger partial charge >= 0.3 is 6.09 Å². The maximum atomic E-state index is 13.2. The number of nitrogens with zero attached hydrogens (tertiary/aromatic N) is 3. The van der Waals surface area contributed by atoms with Gasteiger partial charge in [-0.25, -0.2) is 9.18 Å². The van der Waals surface area contributed by atoms with E-state index < -0.39 is 12.8 Å². The summed E-state index contributed by atoms with van der Waals surface area (Å²) in [6.45, 7) is 9.25. The summed E-state index contributed by atoms with van der Waals surface area (Å²) >= 11 is 0. The zero-order chi connectivity index (χ0) is 28.4. The van der Waals surface area contributed by atoms with Crippen LogP contribution in [0.5, 0.6) is 0 Å². The average molecular weight is 552 g/mol. The Morgan fingerprint density at radius 2 is 1.74 bits per heavy atom. The van der Waals surface area contributed by atoms with Crippen molar-refractivity contribution in [2.75, 3.05) is 60.5 Å². The van der Waals surface area contributed by atoms with Crippen LogP contribution in [0.15, 0.2) is 5.16 Å². The van der Waals surface area contributed by atoms with Gasteiger partial charge in [0.2, 0.25) is 0 Å². The van der Waals surface area contributed by atoms with Crippen LogP contribution in [0.25, 0.3) is 0 Å². The molecule has 4 fully saturated rings. The molecule has 0 aromatic heterocycles. The number of halogens is 1. The zero-order valence-electron chi connectivity index (χ0n) is 25.6. The molecule has 0 aromatic rings. The standard InChI is InChI=1S/C31H56FN4O3/c1-22(34-39-29(38)35(18-15-32)19-16-33-17-20-36(4,5)6)26-9-10-27-25-8-7-23-21-24(37)11-13-30(23,2)28(25)12-14-31(26,27)3/h23-28,33,37H,7-21H2,1-6H3/q+1/b34-22+/t23-,24+,25-,26+,27-,28-,30-,31+/m0/s1. The summed E-state index contributed by atoms with van der Waals surface area (Å²) < 4.78 is 14.0. The van der Waals surface area contributed by atoms with Gasteiger partial charge in [-0.05, 0) is 99.2 Å². The van der Waals surface area contributed by atoms with Gasteiger partial charge in [0.05, 0.1) is 46.0 Å². The molecule has 0 aromatic carbocycles. The van der Waals surface area contributed by atoms with E-state index in [2.05, 4.69) is 45.5 Å². The first-order valence-corrected chi connectivity index (χ1v) is 15.6. The summed E-state index contributed by atoms with van der Waals surface area (Å²) in [6.07, 6.45) is 9.78. The number of fused-ring (bicyclic) bond motifs is 5. The van der Waals surface area contributed by atoms with Crippen molar-refractivity contribution < 1.29 is 23.6 Å². The van der Waals surface area contributed by atoms with Crippen LogP contribution in [0.3, 0.4) is 0 Å². The Balaban J connectivity index is 1.34. The monoisotopic (exact) mass is 551 g/mol. The molecule has 7 nitrogen and oxygen atoms in total. The number of nitrogens with one attached hydrogen (secondary N) is 1. The molecule has 8 atom stereocenters. The molecule has 4 rings (SSSR count). The second-order valence-electron chi connectivity index (χ2n) is 14.8. The van der Waals surface area contributed by atoms with Crippen LogP contribution in [0.2, 0.25) is 0 Å². The molecular formula is C31H56FN4O3+. The maximum absolute atomic E-state index is 13.2. The van der Waals surface area contributed by atoms with Gasteiger partial charge < -0.3 is 19.8 Å². The molecule has 0 spiro atoms. The van der Waals surface area contributed by atoms with E-state index in [1.54, 1.807) is 0 Å². The van der Waals surface area contributed by atoms with E-state index in [0.717, 1.165) is 54.4 Å². The highest BCUT2D eigenvalue weighted by atomic mass is 19.1. The normalized spacial score (nSPS) is 38.5. The molecule has 39 heavy (non-hydrogen) atoms. The first-order valence-electron chi connectivity index (χ1n) is 15.6. The minimum Gasteiger partial charge on any atom is -0.393 e. The number of oxime groups is 1. The number of aliphatic hydroxyl groups excluding tert-OH is 1. The van der Waals surface area contributed by atoms with Crippen molar-refractivity contribution in [1.82, 2.24) is 10.2 Å². The van der Waals surface area contributed by atoms with Crippen LogP contribution in [0, 0.1) is 40.4 Å². The van der Waals surface area contributed by atoms with Gasteiger partial charge in [0.15, 0.2) is 0 Å². The highest BCUT2D eigenvalue weighted by Crippen LogP contribution is 2.67. The first-order chi connectivity index (χ1) is 18.4. The van der Waals surface area contributed by atoms with Crippen LogP contribution in [-0.4, -0.2) is 92.9 Å². The number of quaternary nitrogens is 1. The molecule has 1 amide bonds. The fraction of sp³-hybridized carbons (Fsp3) is 0.935. The smallest absolute Gasteiger partial charge is 0.393 e. The van der Waals surface area contributed by atoms with E-state index >= 15 is 0 Å². The predicted octanol–water partition coefficient (Wildman–Crippen LogP) is 5.09. The summed E-state index contributed by atoms with van der Waals surface area (Å²) in [5, 5.41) is 18.0. The Morgan fingerprint density at radius 1 is 1.03 bits per heavy atom. The predicted molar refractivity (Wildman–Crippen MR) is 154 cm³/mol. The molecule has 4 saturated carbocycles. The number of rotatable bonds is 10. The van der Waals surface area contributed by atoms with Gasteiger partial charge in [-0.1, -0.05) is 19.0 Å². The average Bonchev–Trinajstić information content (AvgIpc) is 3.23. The van der Waals surface area contributed by atoms with E-state index in [-0.39, 0.29) is 18.1 Å². The number of amides is 1. The lowest BCUT2D eigenvalue weighted by Crippen LogP contribution is -2.54. The quantitative estimate of drug-likeness (QED) is 0.130. The number of likely N-dealkylation sites (N-methyl/N-ethyl adjacent to an activating group) is 1. The third kappa shape index (κ3) is 6.64. The first kappa shape index (κ1) is 30.7. The van der Waals surface area contributed by atoms with Gasteiger partial charge in [0, 0.05) is 25.6 Å². The van der Waals surface area contributed by atoms with Crippen molar-refractivity contribution >= 4 is 11.8 Å². The molecule has 4 aliphatic rings. The second kappa shape index (κ2) is 12.3. The molecule has 0 unspecified atom stereocenters. The van der Waals surface area contributed by atoms with E-state index in [9.17, 15) is 14.3 Å². The number of carbonyl (C=O) groups excluding carboxylic acids is 1. The van der Waals surface area contributed by atoms with Crippen LogP contribution in [-0.2, 0) is 4.84 Å². The number of aliphatic hydroxyl groups is 1. The number of carbonyl (C=O) groups is 1. The molecule has 8 heteroatoms. The van der Waals surface area contributed by atoms with Gasteiger partial charge in [-0.15, -0.1) is 0 Å². The lowest BCUT2D eigenvalue weighted by Gasteiger charge is -2.61. The number of hydrogen-bond donors (Lipinski definition) is 2. The highest BCUT2D eigenvalue weighted by Gasteiger charge is 2.60. The van der Waals surface area contributed by atoms with Crippen molar-refractivity contribution in [3.05, 3.63) is 0 Å². The molecule has 0 saturated heterocycles. The molecule has 224 valence electrons. The third-order valence-electron chi connectivity index (χ3n) is 11.5. The summed E-state index contributed by atoms with van der Waals surface area (Å²) in [7, 11) is 6.42. The minimum absolute atomic E-state index is 0.0213. The lowest BCUT2D eigenvalue weighted by molar-refractivity contribution is -0.869. The molecule has 0 heterocycles. The van der Waals surface area contributed by atoms with Crippen molar-refractivity contribution in [2.45, 2.75) is 84.7 Å². The Morgan fingerprint density at radius 3 is 2.46 bits per heavy atom. The fourth-order valence-corrected chi connectivity index (χ4v) is 9.30. The van der Waals surface area contributed by atoms with Crippen LogP contribution in [0.1, 0.15) is 78.6 Å². The van der Waals surface area contributed by atoms with Crippen molar-refractivity contribution in [2.24, 2.45) is 45.6 Å². The summed E-state index contributed by atoms with van der Waals surface area (Å²) in [4.78, 5) is 19.6. The van der Waals surface area contributed by atoms with E-state index in [1.807, 2.05) is 6.92 Å². The Labute approximate surface area is 236 Å². The van der Waals surface area contributed by atoms with Gasteiger partial charge in [0.25, 0.3) is 0 Å². The topological polar surface area (TPSA) is 74.2 Å². The molecule has 2 N–H and O–H groups in total. The van der Waals surface area contributed by atoms with Crippen LogP contribution in [0.4, 0.5) is 9.18 Å². The molecular weight excluding hydrogens is 495 g/mol. The summed E-state index contributed by atoms with van der Waals surface area (Å²) in [5.41, 5.74) is 1.47. The number of hydrogen-bond acceptors (Lipinski definition) is 5. The Bertz CT molecular complexity index is 878. The third-order valence-corrected chi connectivity index (χ3v) is 11.5. The largest absolute Gasteiger partial charge is 0.436 e. The Kier molecular flexibility index (Phi) is 9.70. The van der Waals surface area contributed by atoms with Gasteiger partial charge in [-0.3, -0.25) is 4.84 Å². The Hall–Kier alpha value is -1.25. The van der Waals surface area contributed by atoms with E-state index in [0.29, 0.717) is 36.3 Å². The van der Waals surface area contributed by atoms with E-state index in [4.69, 9.17) is 4.84 Å². The van der Waals surface area contributed by atoms with Gasteiger partial charge in [0.1, 0.15) is 6.67 Å². The van der Waals surface area contributed by atoms with Gasteiger partial charge in [-0.2, -0.15) is 0 Å². The van der Waals surface area contributed by atoms with Crippen LogP contribution >= 0.6 is 0 Å². The SMILES string of the molecule is C/C(=N\OC(=O)N(CCF)CCNCC[N+](C)(C)C)[C@H]1CC[C@H]2[C@@H]3CC[C@H]4C[C@H](O)CC[C@]4(C)[C@H]3CC[C@]12C. The molecule has 0 aliphatic heterocycles.